The second-order valence-corrected chi connectivity index (χ2v) is 46.1. The molecule has 0 aliphatic rings. The van der Waals surface area contributed by atoms with Gasteiger partial charge in [0.15, 0.2) is 0 Å². The summed E-state index contributed by atoms with van der Waals surface area (Å²) in [6.07, 6.45) is 73.5. The zero-order valence-electron chi connectivity index (χ0n) is 89.2. The average Bonchev–Trinajstić information content (AvgIpc) is 0.758. The van der Waals surface area contributed by atoms with Gasteiger partial charge in [-0.05, 0) is 212 Å². The smallest absolute Gasteiger partial charge is 0.426 e. The van der Waals surface area contributed by atoms with Gasteiger partial charge in [0.2, 0.25) is 0 Å². The Hall–Kier alpha value is -4.71. The number of benzene rings is 6. The molecule has 0 saturated carbocycles. The van der Waals surface area contributed by atoms with E-state index >= 15 is 0 Å². The summed E-state index contributed by atoms with van der Waals surface area (Å²) in [4.78, 5) is 0. The molecule has 752 valence electrons. The normalized spacial score (nSPS) is 12.8. The van der Waals surface area contributed by atoms with E-state index in [0.29, 0.717) is 19.8 Å². The molecular formula is C121H199O9P3. The lowest BCUT2D eigenvalue weighted by Gasteiger charge is -2.33. The van der Waals surface area contributed by atoms with Gasteiger partial charge in [-0.3, -0.25) is 4.52 Å². The van der Waals surface area contributed by atoms with Crippen molar-refractivity contribution < 1.29 is 40.7 Å². The molecule has 0 aliphatic carbocycles. The van der Waals surface area contributed by atoms with Crippen LogP contribution in [0, 0.1) is 20.8 Å². The molecule has 0 saturated heterocycles. The molecule has 6 aromatic carbocycles. The van der Waals surface area contributed by atoms with Gasteiger partial charge in [-0.25, -0.2) is 0 Å². The van der Waals surface area contributed by atoms with Crippen LogP contribution < -0.4 is 27.1 Å². The molecule has 6 aromatic rings. The monoisotopic (exact) mass is 1890 g/mol. The predicted octanol–water partition coefficient (Wildman–Crippen LogP) is 41.7. The first-order chi connectivity index (χ1) is 64.4. The lowest BCUT2D eigenvalue weighted by Crippen LogP contribution is -2.19. The second kappa shape index (κ2) is 70.0. The van der Waals surface area contributed by atoms with Gasteiger partial charge in [0.1, 0.15) is 34.5 Å². The third-order valence-corrected chi connectivity index (χ3v) is 30.6. The highest BCUT2D eigenvalue weighted by molar-refractivity contribution is 7.43. The molecule has 0 bridgehead atoms. The van der Waals surface area contributed by atoms with Crippen molar-refractivity contribution in [1.82, 2.24) is 0 Å². The van der Waals surface area contributed by atoms with Crippen LogP contribution in [-0.4, -0.2) is 19.8 Å². The minimum atomic E-state index is -1.98. The minimum absolute atomic E-state index is 0.0713. The summed E-state index contributed by atoms with van der Waals surface area (Å²) in [6.45, 7) is 46.0. The molecule has 0 aliphatic heterocycles. The SMILES string of the molecule is CCCCCCCCCCCCCOP(OCCCCCCCCCCCCC)Oc1cc(C)c(C(CC(C)c2cc(C(C)(C)C)c(OP(Oc3ccc(CCCCCCCCC)cc3)Oc3ccc(CCCCCCCCC)cc3)cc2C)c2cc(C(C)(C)C)c(OP(OCCCCCCCCCCCCC)Oc3ccc(CCCCCCCCC)cc3)cc2C)cc1C(C)(C)C. The van der Waals surface area contributed by atoms with Gasteiger partial charge in [0.25, 0.3) is 0 Å². The number of aryl methyl sites for hydroxylation is 6. The highest BCUT2D eigenvalue weighted by atomic mass is 31.2. The zero-order valence-corrected chi connectivity index (χ0v) is 91.9. The number of hydrogen-bond acceptors (Lipinski definition) is 9. The Balaban J connectivity index is 1.43. The van der Waals surface area contributed by atoms with Crippen LogP contribution in [0.3, 0.4) is 0 Å². The van der Waals surface area contributed by atoms with E-state index in [-0.39, 0.29) is 28.1 Å². The third kappa shape index (κ3) is 49.8. The van der Waals surface area contributed by atoms with E-state index in [2.05, 4.69) is 241 Å². The maximum Gasteiger partial charge on any atom is 0.530 e. The van der Waals surface area contributed by atoms with Crippen LogP contribution >= 0.6 is 25.8 Å². The predicted molar refractivity (Wildman–Crippen MR) is 581 cm³/mol. The Labute approximate surface area is 823 Å². The number of rotatable bonds is 80. The average molecular weight is 1890 g/mol. The van der Waals surface area contributed by atoms with Crippen LogP contribution in [-0.2, 0) is 49.1 Å². The van der Waals surface area contributed by atoms with E-state index in [4.69, 9.17) is 40.7 Å². The van der Waals surface area contributed by atoms with Crippen molar-refractivity contribution in [1.29, 1.82) is 0 Å². The van der Waals surface area contributed by atoms with E-state index < -0.39 is 25.8 Å². The maximum atomic E-state index is 7.37. The molecule has 3 atom stereocenters. The Kier molecular flexibility index (Phi) is 61.6. The Bertz CT molecular complexity index is 3800. The first-order valence-electron chi connectivity index (χ1n) is 55.5. The van der Waals surface area contributed by atoms with Crippen LogP contribution in [0.1, 0.15) is 543 Å². The summed E-state index contributed by atoms with van der Waals surface area (Å²) >= 11 is 0. The van der Waals surface area contributed by atoms with Gasteiger partial charge in [-0.2, -0.15) is 0 Å². The summed E-state index contributed by atoms with van der Waals surface area (Å²) in [5.74, 6) is 4.71. The van der Waals surface area contributed by atoms with Gasteiger partial charge < -0.3 is 36.2 Å². The highest BCUT2D eigenvalue weighted by Crippen LogP contribution is 2.53. The fraction of sp³-hybridized carbons (Fsp3) is 0.702. The number of hydrogen-bond donors (Lipinski definition) is 0. The molecular weight excluding hydrogens is 1690 g/mol. The first kappa shape index (κ1) is 117. The molecule has 0 aromatic heterocycles. The molecule has 0 fully saturated rings. The quantitative estimate of drug-likeness (QED) is 0.0274. The van der Waals surface area contributed by atoms with Crippen molar-refractivity contribution in [3.8, 4) is 34.5 Å². The summed E-state index contributed by atoms with van der Waals surface area (Å²) in [5.41, 5.74) is 13.8. The first-order valence-corrected chi connectivity index (χ1v) is 58.8. The van der Waals surface area contributed by atoms with E-state index in [1.807, 2.05) is 0 Å². The van der Waals surface area contributed by atoms with E-state index in [1.165, 1.54) is 353 Å². The van der Waals surface area contributed by atoms with Crippen molar-refractivity contribution >= 4 is 25.8 Å². The van der Waals surface area contributed by atoms with Crippen molar-refractivity contribution in [3.05, 3.63) is 176 Å². The van der Waals surface area contributed by atoms with Crippen molar-refractivity contribution in [2.75, 3.05) is 19.8 Å². The van der Waals surface area contributed by atoms with E-state index in [1.54, 1.807) is 0 Å². The number of unbranched alkanes of at least 4 members (excludes halogenated alkanes) is 48. The Morgan fingerprint density at radius 2 is 0.444 bits per heavy atom. The molecule has 0 spiro atoms. The van der Waals surface area contributed by atoms with Gasteiger partial charge in [-0.15, -0.1) is 0 Å². The summed E-state index contributed by atoms with van der Waals surface area (Å²) in [6, 6.07) is 40.6. The van der Waals surface area contributed by atoms with Crippen LogP contribution in [0.15, 0.2) is 109 Å². The summed E-state index contributed by atoms with van der Waals surface area (Å²) in [5, 5.41) is 0. The Morgan fingerprint density at radius 1 is 0.233 bits per heavy atom. The molecule has 133 heavy (non-hydrogen) atoms. The fourth-order valence-electron chi connectivity index (χ4n) is 18.7. The maximum absolute atomic E-state index is 7.37. The van der Waals surface area contributed by atoms with Gasteiger partial charge >= 0.3 is 25.8 Å². The summed E-state index contributed by atoms with van der Waals surface area (Å²) in [7, 11) is -5.52. The van der Waals surface area contributed by atoms with Crippen molar-refractivity contribution in [2.45, 2.75) is 532 Å². The largest absolute Gasteiger partial charge is 0.530 e. The molecule has 0 heterocycles. The molecule has 3 unspecified atom stereocenters. The van der Waals surface area contributed by atoms with E-state index in [9.17, 15) is 0 Å². The van der Waals surface area contributed by atoms with Gasteiger partial charge in [-0.1, -0.05) is 474 Å². The van der Waals surface area contributed by atoms with Crippen LogP contribution in [0.4, 0.5) is 0 Å². The molecule has 12 heteroatoms. The lowest BCUT2D eigenvalue weighted by atomic mass is 9.74. The van der Waals surface area contributed by atoms with Gasteiger partial charge in [0.05, 0.1) is 19.8 Å². The molecule has 0 radical (unpaired) electrons. The van der Waals surface area contributed by atoms with Crippen LogP contribution in [0.2, 0.25) is 0 Å². The second-order valence-electron chi connectivity index (χ2n) is 42.9. The molecule has 9 nitrogen and oxygen atoms in total. The summed E-state index contributed by atoms with van der Waals surface area (Å²) < 4.78 is 63.6. The van der Waals surface area contributed by atoms with Crippen molar-refractivity contribution in [2.24, 2.45) is 0 Å². The highest BCUT2D eigenvalue weighted by Gasteiger charge is 2.35. The molecule has 0 amide bonds. The standard InChI is InChI=1S/C121H199O9P3/c1-20-26-32-38-44-47-50-53-59-65-71-89-122-131(123-90-72-66-60-54-51-48-45-39-33-27-21-2)128-116-94-101(9)110(97-114(116)120(14,15)16)112(111-98-115(121(17,18)19)117(95-102(111)10)129-132(124-91-73-67-61-55-52-49-46-40-34-28-22-3)125-106-83-77-103(78-84-106)74-68-62-56-41-35-29-23-4)92-99(7)109-96-113(119(11,12)13)118(93-100(109)8)130-133(126-107-85-79-104(80-86-107)75-69-63-57-42-36-30-24-5)127-108-87-81-105(82-88-108)76-70-64-58-43-37-31-25-6/h77-88,93-99,112H,20-76,89-92H2,1-19H3. The molecule has 0 N–H and O–H groups in total. The zero-order chi connectivity index (χ0) is 96.0. The topological polar surface area (TPSA) is 83.1 Å². The fourth-order valence-corrected chi connectivity index (χ4v) is 21.8. The van der Waals surface area contributed by atoms with Gasteiger partial charge in [0, 0.05) is 22.6 Å². The van der Waals surface area contributed by atoms with Crippen LogP contribution in [0.5, 0.6) is 34.5 Å². The molecule has 6 rings (SSSR count). The van der Waals surface area contributed by atoms with Crippen molar-refractivity contribution in [3.63, 3.8) is 0 Å². The van der Waals surface area contributed by atoms with Crippen LogP contribution in [0.25, 0.3) is 0 Å². The minimum Gasteiger partial charge on any atom is -0.426 e. The lowest BCUT2D eigenvalue weighted by molar-refractivity contribution is 0.197. The third-order valence-electron chi connectivity index (χ3n) is 27.3. The Morgan fingerprint density at radius 3 is 0.707 bits per heavy atom. The van der Waals surface area contributed by atoms with E-state index in [0.717, 1.165) is 121 Å².